The Morgan fingerprint density at radius 1 is 0.800 bits per heavy atom. The minimum Gasteiger partial charge on any atom is -0.266 e. The van der Waals surface area contributed by atoms with Gasteiger partial charge in [0, 0.05) is 18.0 Å². The van der Waals surface area contributed by atoms with Crippen LogP contribution in [0.15, 0.2) is 95.9 Å². The molecule has 0 bridgehead atoms. The molecule has 4 rings (SSSR count). The van der Waals surface area contributed by atoms with E-state index in [1.807, 2.05) is 72.8 Å². The predicted molar refractivity (Wildman–Crippen MR) is 99.1 cm³/mol. The third-order valence-electron chi connectivity index (χ3n) is 3.92. The Balaban J connectivity index is 1.83. The Morgan fingerprint density at radius 2 is 1.44 bits per heavy atom. The number of benzene rings is 2. The first-order valence-corrected chi connectivity index (χ1v) is 7.98. The fourth-order valence-electron chi connectivity index (χ4n) is 2.73. The van der Waals surface area contributed by atoms with Crippen LogP contribution in [0.25, 0.3) is 6.08 Å². The van der Waals surface area contributed by atoms with Gasteiger partial charge in [0.05, 0.1) is 5.69 Å². The Kier molecular flexibility index (Phi) is 3.92. The zero-order valence-electron chi connectivity index (χ0n) is 13.4. The summed E-state index contributed by atoms with van der Waals surface area (Å²) in [5, 5.41) is 0. The second kappa shape index (κ2) is 6.53. The predicted octanol–water partition coefficient (Wildman–Crippen LogP) is 3.92. The van der Waals surface area contributed by atoms with E-state index in [1.54, 1.807) is 23.4 Å². The number of aromatic nitrogens is 1. The van der Waals surface area contributed by atoms with Crippen molar-refractivity contribution in [1.82, 2.24) is 4.98 Å². The number of hydrogen-bond donors (Lipinski definition) is 0. The number of hydrogen-bond acceptors (Lipinski definition) is 3. The molecule has 1 aliphatic heterocycles. The molecule has 2 heterocycles. The number of carbonyl (C=O) groups excluding carboxylic acids is 1. The zero-order valence-corrected chi connectivity index (χ0v) is 13.4. The van der Waals surface area contributed by atoms with Crippen LogP contribution in [0, 0.1) is 0 Å². The van der Waals surface area contributed by atoms with E-state index in [2.05, 4.69) is 9.98 Å². The summed E-state index contributed by atoms with van der Waals surface area (Å²) in [6.07, 6.45) is 5.18. The number of carbonyl (C=O) groups is 1. The number of rotatable bonds is 3. The van der Waals surface area contributed by atoms with E-state index in [4.69, 9.17) is 0 Å². The van der Waals surface area contributed by atoms with Gasteiger partial charge in [-0.15, -0.1) is 0 Å². The van der Waals surface area contributed by atoms with Crippen molar-refractivity contribution in [3.8, 4) is 0 Å². The van der Waals surface area contributed by atoms with Crippen molar-refractivity contribution in [3.05, 3.63) is 102 Å². The number of aliphatic imine (C=N–C) groups is 1. The van der Waals surface area contributed by atoms with Crippen LogP contribution in [0.5, 0.6) is 0 Å². The van der Waals surface area contributed by atoms with E-state index >= 15 is 0 Å². The molecule has 0 unspecified atom stereocenters. The first-order chi connectivity index (χ1) is 12.3. The van der Waals surface area contributed by atoms with Gasteiger partial charge < -0.3 is 0 Å². The van der Waals surface area contributed by atoms with Gasteiger partial charge in [0.1, 0.15) is 11.5 Å². The summed E-state index contributed by atoms with van der Waals surface area (Å²) in [6.45, 7) is 0. The highest BCUT2D eigenvalue weighted by atomic mass is 16.2. The van der Waals surface area contributed by atoms with Gasteiger partial charge in [0.15, 0.2) is 0 Å². The van der Waals surface area contributed by atoms with Crippen LogP contribution in [0.4, 0.5) is 5.69 Å². The van der Waals surface area contributed by atoms with E-state index in [1.165, 1.54) is 0 Å². The molecular formula is C21H15N3O. The largest absolute Gasteiger partial charge is 0.282 e. The van der Waals surface area contributed by atoms with Gasteiger partial charge in [-0.05, 0) is 35.9 Å². The number of anilines is 1. The molecule has 1 amide bonds. The molecule has 0 radical (unpaired) electrons. The second-order valence-corrected chi connectivity index (χ2v) is 5.59. The van der Waals surface area contributed by atoms with Crippen molar-refractivity contribution in [2.75, 3.05) is 4.90 Å². The topological polar surface area (TPSA) is 45.6 Å². The molecule has 1 aliphatic rings. The van der Waals surface area contributed by atoms with E-state index < -0.39 is 0 Å². The molecule has 0 aliphatic carbocycles. The molecule has 120 valence electrons. The third-order valence-corrected chi connectivity index (χ3v) is 3.92. The van der Waals surface area contributed by atoms with Gasteiger partial charge in [-0.1, -0.05) is 48.5 Å². The van der Waals surface area contributed by atoms with Crippen LogP contribution in [-0.4, -0.2) is 16.7 Å². The summed E-state index contributed by atoms with van der Waals surface area (Å²) < 4.78 is 0. The zero-order chi connectivity index (χ0) is 17.1. The van der Waals surface area contributed by atoms with Gasteiger partial charge in [-0.2, -0.15) is 0 Å². The molecule has 3 aromatic rings. The summed E-state index contributed by atoms with van der Waals surface area (Å²) in [5.41, 5.74) is 3.00. The van der Waals surface area contributed by atoms with Crippen molar-refractivity contribution in [1.29, 1.82) is 0 Å². The van der Waals surface area contributed by atoms with Gasteiger partial charge >= 0.3 is 0 Å². The molecule has 0 N–H and O–H groups in total. The monoisotopic (exact) mass is 325 g/mol. The van der Waals surface area contributed by atoms with Gasteiger partial charge in [-0.3, -0.25) is 14.7 Å². The number of amidine groups is 1. The fourth-order valence-corrected chi connectivity index (χ4v) is 2.73. The van der Waals surface area contributed by atoms with Crippen LogP contribution in [0.1, 0.15) is 11.1 Å². The average Bonchev–Trinajstić information content (AvgIpc) is 3.00. The van der Waals surface area contributed by atoms with E-state index in [9.17, 15) is 4.79 Å². The van der Waals surface area contributed by atoms with Gasteiger partial charge in [0.25, 0.3) is 5.91 Å². The normalized spacial score (nSPS) is 15.5. The molecule has 0 saturated carbocycles. The van der Waals surface area contributed by atoms with Crippen LogP contribution >= 0.6 is 0 Å². The lowest BCUT2D eigenvalue weighted by Crippen LogP contribution is -2.32. The Bertz CT molecular complexity index is 948. The lowest BCUT2D eigenvalue weighted by atomic mass is 10.2. The van der Waals surface area contributed by atoms with Crippen molar-refractivity contribution in [3.63, 3.8) is 0 Å². The minimum absolute atomic E-state index is 0.137. The first-order valence-electron chi connectivity index (χ1n) is 7.98. The summed E-state index contributed by atoms with van der Waals surface area (Å²) in [6, 6.07) is 23.0. The molecule has 25 heavy (non-hydrogen) atoms. The van der Waals surface area contributed by atoms with Crippen molar-refractivity contribution < 1.29 is 4.79 Å². The van der Waals surface area contributed by atoms with Crippen LogP contribution in [0.3, 0.4) is 0 Å². The Labute approximate surface area is 145 Å². The van der Waals surface area contributed by atoms with Crippen molar-refractivity contribution in [2.24, 2.45) is 4.99 Å². The highest BCUT2D eigenvalue weighted by Gasteiger charge is 2.32. The van der Waals surface area contributed by atoms with E-state index in [0.29, 0.717) is 11.5 Å². The van der Waals surface area contributed by atoms with E-state index in [0.717, 1.165) is 16.8 Å². The maximum Gasteiger partial charge on any atom is 0.282 e. The maximum absolute atomic E-state index is 13.0. The Morgan fingerprint density at radius 3 is 2.12 bits per heavy atom. The highest BCUT2D eigenvalue weighted by molar-refractivity contribution is 6.33. The quantitative estimate of drug-likeness (QED) is 0.685. The molecule has 0 atom stereocenters. The minimum atomic E-state index is -0.137. The van der Waals surface area contributed by atoms with Gasteiger partial charge in [0.2, 0.25) is 0 Å². The SMILES string of the molecule is O=C1/C(=C\c2ccncc2)N=C(c2ccccc2)N1c1ccccc1. The smallest absolute Gasteiger partial charge is 0.266 e. The van der Waals surface area contributed by atoms with Crippen LogP contribution < -0.4 is 4.90 Å². The third kappa shape index (κ3) is 2.97. The van der Waals surface area contributed by atoms with Crippen molar-refractivity contribution >= 4 is 23.5 Å². The van der Waals surface area contributed by atoms with Crippen LogP contribution in [-0.2, 0) is 4.79 Å². The number of pyridine rings is 1. The van der Waals surface area contributed by atoms with Crippen LogP contribution in [0.2, 0.25) is 0 Å². The van der Waals surface area contributed by atoms with Crippen molar-refractivity contribution in [2.45, 2.75) is 0 Å². The fraction of sp³-hybridized carbons (Fsp3) is 0. The summed E-state index contributed by atoms with van der Waals surface area (Å²) in [4.78, 5) is 23.3. The first kappa shape index (κ1) is 15.0. The Hall–Kier alpha value is -3.53. The molecule has 0 spiro atoms. The molecule has 4 heteroatoms. The second-order valence-electron chi connectivity index (χ2n) is 5.59. The van der Waals surface area contributed by atoms with E-state index in [-0.39, 0.29) is 5.91 Å². The average molecular weight is 325 g/mol. The number of amides is 1. The molecule has 2 aromatic carbocycles. The summed E-state index contributed by atoms with van der Waals surface area (Å²) in [7, 11) is 0. The maximum atomic E-state index is 13.0. The lowest BCUT2D eigenvalue weighted by Gasteiger charge is -2.18. The highest BCUT2D eigenvalue weighted by Crippen LogP contribution is 2.27. The molecular weight excluding hydrogens is 310 g/mol. The summed E-state index contributed by atoms with van der Waals surface area (Å²) >= 11 is 0. The molecule has 1 aromatic heterocycles. The number of para-hydroxylation sites is 1. The molecule has 0 saturated heterocycles. The standard InChI is InChI=1S/C21H15N3O/c25-21-19(15-16-11-13-22-14-12-16)23-20(17-7-3-1-4-8-17)24(21)18-9-5-2-6-10-18/h1-15H/b19-15+. The number of nitrogens with zero attached hydrogens (tertiary/aromatic N) is 3. The van der Waals surface area contributed by atoms with Gasteiger partial charge in [-0.25, -0.2) is 4.99 Å². The molecule has 4 nitrogen and oxygen atoms in total. The molecule has 0 fully saturated rings. The lowest BCUT2D eigenvalue weighted by molar-refractivity contribution is -0.113. The summed E-state index contributed by atoms with van der Waals surface area (Å²) in [5.74, 6) is 0.499.